The molecule has 1 aromatic carbocycles. The van der Waals surface area contributed by atoms with Crippen molar-refractivity contribution in [3.63, 3.8) is 0 Å². The summed E-state index contributed by atoms with van der Waals surface area (Å²) in [6.07, 6.45) is 0.277. The van der Waals surface area contributed by atoms with E-state index in [2.05, 4.69) is 25.2 Å². The van der Waals surface area contributed by atoms with E-state index in [1.54, 1.807) is 25.4 Å². The van der Waals surface area contributed by atoms with Gasteiger partial charge in [0, 0.05) is 59.7 Å². The van der Waals surface area contributed by atoms with E-state index in [0.29, 0.717) is 17.7 Å². The van der Waals surface area contributed by atoms with Crippen molar-refractivity contribution >= 4 is 40.3 Å². The Morgan fingerprint density at radius 3 is 2.35 bits per heavy atom. The first kappa shape index (κ1) is 30.7. The molecular formula is C31H38N4O7S. The van der Waals surface area contributed by atoms with Gasteiger partial charge in [-0.3, -0.25) is 19.3 Å². The summed E-state index contributed by atoms with van der Waals surface area (Å²) in [6.45, 7) is 4.97. The van der Waals surface area contributed by atoms with Crippen LogP contribution in [0.5, 0.6) is 5.75 Å². The second kappa shape index (κ2) is 10.8. The van der Waals surface area contributed by atoms with Crippen LogP contribution in [0.15, 0.2) is 29.0 Å². The monoisotopic (exact) mass is 610 g/mol. The van der Waals surface area contributed by atoms with E-state index in [0.717, 1.165) is 10.6 Å². The van der Waals surface area contributed by atoms with Crippen LogP contribution >= 0.6 is 11.3 Å². The smallest absolute Gasteiger partial charge is 0.255 e. The molecule has 1 saturated carbocycles. The van der Waals surface area contributed by atoms with Crippen LogP contribution in [0.1, 0.15) is 38.4 Å². The van der Waals surface area contributed by atoms with Crippen LogP contribution in [-0.4, -0.2) is 82.6 Å². The first-order valence-electron chi connectivity index (χ1n) is 14.1. The Labute approximate surface area is 253 Å². The first-order valence-corrected chi connectivity index (χ1v) is 14.9. The SMILES string of the molecule is Cc1cc(CNCc2cc(N(C)C)c3c(c2O)C(O)=C2C(=O)[C@]4(O)C(O)=C(C(N)=O)C(=O)[C@@H](N(C)C)[C@@H]4C[C@@H]2C3)sc1C. The van der Waals surface area contributed by atoms with Gasteiger partial charge in [-0.15, -0.1) is 11.3 Å². The van der Waals surface area contributed by atoms with Gasteiger partial charge in [-0.05, 0) is 70.0 Å². The maximum atomic E-state index is 14.1. The number of aromatic hydroxyl groups is 1. The van der Waals surface area contributed by atoms with Crippen LogP contribution in [0.25, 0.3) is 5.76 Å². The number of likely N-dealkylation sites (N-methyl/N-ethyl adjacent to an activating group) is 1. The number of Topliss-reactive ketones (excluding diaryl/α,β-unsaturated/α-hetero) is 2. The van der Waals surface area contributed by atoms with E-state index in [4.69, 9.17) is 5.73 Å². The molecule has 3 aliphatic rings. The minimum absolute atomic E-state index is 0.0440. The van der Waals surface area contributed by atoms with E-state index in [9.17, 15) is 34.8 Å². The number of aryl methyl sites for hydroxylation is 2. The summed E-state index contributed by atoms with van der Waals surface area (Å²) in [5.41, 5.74) is 4.92. The fourth-order valence-electron chi connectivity index (χ4n) is 6.94. The second-order valence-electron chi connectivity index (χ2n) is 12.2. The quantitative estimate of drug-likeness (QED) is 0.254. The minimum Gasteiger partial charge on any atom is -0.508 e. The predicted octanol–water partition coefficient (Wildman–Crippen LogP) is 2.00. The number of phenols is 1. The number of fused-ring (bicyclic) bond motifs is 3. The molecule has 12 heteroatoms. The maximum Gasteiger partial charge on any atom is 0.255 e. The summed E-state index contributed by atoms with van der Waals surface area (Å²) in [7, 11) is 6.84. The lowest BCUT2D eigenvalue weighted by Crippen LogP contribution is -2.65. The van der Waals surface area contributed by atoms with E-state index in [-0.39, 0.29) is 36.3 Å². The van der Waals surface area contributed by atoms with Crippen LogP contribution < -0.4 is 16.0 Å². The van der Waals surface area contributed by atoms with Crippen molar-refractivity contribution in [2.24, 2.45) is 17.6 Å². The Morgan fingerprint density at radius 2 is 1.79 bits per heavy atom. The van der Waals surface area contributed by atoms with Gasteiger partial charge in [-0.1, -0.05) is 0 Å². The molecular weight excluding hydrogens is 572 g/mol. The Morgan fingerprint density at radius 1 is 1.12 bits per heavy atom. The van der Waals surface area contributed by atoms with Crippen molar-refractivity contribution in [3.8, 4) is 5.75 Å². The van der Waals surface area contributed by atoms with Crippen LogP contribution in [0.4, 0.5) is 5.69 Å². The molecule has 230 valence electrons. The summed E-state index contributed by atoms with van der Waals surface area (Å²) in [4.78, 5) is 45.3. The Hall–Kier alpha value is -3.71. The number of carbonyl (C=O) groups excluding carboxylic acids is 3. The first-order chi connectivity index (χ1) is 20.1. The van der Waals surface area contributed by atoms with Gasteiger partial charge < -0.3 is 36.4 Å². The molecule has 43 heavy (non-hydrogen) atoms. The Bertz CT molecular complexity index is 1600. The molecule has 0 unspecified atom stereocenters. The zero-order chi connectivity index (χ0) is 31.7. The number of primary amides is 1. The minimum atomic E-state index is -2.67. The second-order valence-corrected chi connectivity index (χ2v) is 13.5. The number of thiophene rings is 1. The van der Waals surface area contributed by atoms with Crippen LogP contribution in [0.3, 0.4) is 0 Å². The normalized spacial score (nSPS) is 25.2. The molecule has 0 aliphatic heterocycles. The number of hydrogen-bond donors (Lipinski definition) is 6. The van der Waals surface area contributed by atoms with Gasteiger partial charge in [-0.2, -0.15) is 0 Å². The third-order valence-corrected chi connectivity index (χ3v) is 10.2. The standard InChI is InChI=1S/C31H38N4O7S/c1-13-7-17(43-14(13)2)12-33-11-16-10-20(34(3)4)18-8-15-9-19-24(35(5)6)27(38)23(30(32)41)29(40)31(19,42)28(39)21(15)26(37)22(18)25(16)36/h7,10,15,19,24,33,36-37,40,42H,8-9,11-12H2,1-6H3,(H2,32,41)/t15-,19-,24-,31-/m0/s1. The molecule has 1 heterocycles. The average Bonchev–Trinajstić information content (AvgIpc) is 3.23. The molecule has 11 nitrogen and oxygen atoms in total. The zero-order valence-electron chi connectivity index (χ0n) is 25.1. The maximum absolute atomic E-state index is 14.1. The van der Waals surface area contributed by atoms with Gasteiger partial charge in [0.25, 0.3) is 5.91 Å². The molecule has 1 amide bonds. The molecule has 1 fully saturated rings. The van der Waals surface area contributed by atoms with Crippen LogP contribution in [0, 0.1) is 25.7 Å². The van der Waals surface area contributed by atoms with Gasteiger partial charge in [0.15, 0.2) is 11.4 Å². The summed E-state index contributed by atoms with van der Waals surface area (Å²) < 4.78 is 0. The third kappa shape index (κ3) is 4.64. The molecule has 0 radical (unpaired) electrons. The van der Waals surface area contributed by atoms with Gasteiger partial charge in [-0.25, -0.2) is 0 Å². The number of aliphatic hydroxyl groups is 3. The number of hydrogen-bond acceptors (Lipinski definition) is 11. The Balaban J connectivity index is 1.61. The molecule has 0 spiro atoms. The highest BCUT2D eigenvalue weighted by molar-refractivity contribution is 7.12. The van der Waals surface area contributed by atoms with Gasteiger partial charge in [0.05, 0.1) is 11.6 Å². The molecule has 7 N–H and O–H groups in total. The van der Waals surface area contributed by atoms with E-state index in [1.807, 2.05) is 25.1 Å². The number of rotatable bonds is 7. The number of nitrogens with one attached hydrogen (secondary N) is 1. The van der Waals surface area contributed by atoms with Crippen molar-refractivity contribution in [1.29, 1.82) is 0 Å². The fraction of sp³-hybridized carbons (Fsp3) is 0.452. The number of anilines is 1. The zero-order valence-corrected chi connectivity index (χ0v) is 25.9. The summed E-state index contributed by atoms with van der Waals surface area (Å²) in [6, 6.07) is 2.84. The van der Waals surface area contributed by atoms with Crippen LogP contribution in [-0.2, 0) is 33.9 Å². The highest BCUT2D eigenvalue weighted by Crippen LogP contribution is 2.54. The Kier molecular flexibility index (Phi) is 7.70. The predicted molar refractivity (Wildman–Crippen MR) is 163 cm³/mol. The molecule has 0 bridgehead atoms. The van der Waals surface area contributed by atoms with Crippen LogP contribution in [0.2, 0.25) is 0 Å². The number of aliphatic hydroxyl groups excluding tert-OH is 2. The highest BCUT2D eigenvalue weighted by atomic mass is 32.1. The van der Waals surface area contributed by atoms with Crippen molar-refractivity contribution in [2.45, 2.75) is 51.4 Å². The lowest BCUT2D eigenvalue weighted by atomic mass is 9.57. The highest BCUT2D eigenvalue weighted by Gasteiger charge is 2.64. The van der Waals surface area contributed by atoms with E-state index in [1.165, 1.54) is 15.3 Å². The largest absolute Gasteiger partial charge is 0.508 e. The molecule has 4 atom stereocenters. The number of amides is 1. The number of nitrogens with two attached hydrogens (primary N) is 1. The number of carbonyl (C=O) groups is 3. The van der Waals surface area contributed by atoms with Crippen molar-refractivity contribution < 1.29 is 34.8 Å². The number of ketones is 2. The lowest BCUT2D eigenvalue weighted by Gasteiger charge is -2.50. The summed E-state index contributed by atoms with van der Waals surface area (Å²) in [5, 5.41) is 49.3. The number of nitrogens with zero attached hydrogens (tertiary/aromatic N) is 2. The number of benzene rings is 1. The van der Waals surface area contributed by atoms with Gasteiger partial charge in [0.2, 0.25) is 5.78 Å². The molecule has 0 saturated heterocycles. The summed E-state index contributed by atoms with van der Waals surface area (Å²) >= 11 is 1.69. The molecule has 2 aromatic rings. The average molecular weight is 611 g/mol. The third-order valence-electron chi connectivity index (χ3n) is 9.09. The van der Waals surface area contributed by atoms with Crippen molar-refractivity contribution in [3.05, 3.63) is 61.0 Å². The number of phenolic OH excluding ortho intramolecular Hbond substituents is 1. The van der Waals surface area contributed by atoms with Gasteiger partial charge in [0.1, 0.15) is 22.8 Å². The van der Waals surface area contributed by atoms with Crippen molar-refractivity contribution in [2.75, 3.05) is 33.1 Å². The molecule has 3 aliphatic carbocycles. The van der Waals surface area contributed by atoms with Crippen molar-refractivity contribution in [1.82, 2.24) is 10.2 Å². The fourth-order valence-corrected chi connectivity index (χ4v) is 7.96. The molecule has 1 aromatic heterocycles. The topological polar surface area (TPSA) is 177 Å². The van der Waals surface area contributed by atoms with E-state index >= 15 is 0 Å². The van der Waals surface area contributed by atoms with E-state index < -0.39 is 58.0 Å². The van der Waals surface area contributed by atoms with Gasteiger partial charge >= 0.3 is 0 Å². The summed E-state index contributed by atoms with van der Waals surface area (Å²) in [5.74, 6) is -6.60. The lowest BCUT2D eigenvalue weighted by molar-refractivity contribution is -0.153. The molecule has 5 rings (SSSR count).